The largest absolute Gasteiger partial charge is 0.497 e. The van der Waals surface area contributed by atoms with Gasteiger partial charge in [-0.3, -0.25) is 9.52 Å². The molecule has 3 aromatic carbocycles. The van der Waals surface area contributed by atoms with Crippen LogP contribution in [0.5, 0.6) is 17.2 Å². The van der Waals surface area contributed by atoms with E-state index in [-0.39, 0.29) is 47.5 Å². The van der Waals surface area contributed by atoms with Crippen LogP contribution in [0.2, 0.25) is 0 Å². The molecule has 12 nitrogen and oxygen atoms in total. The van der Waals surface area contributed by atoms with Gasteiger partial charge >= 0.3 is 6.03 Å². The van der Waals surface area contributed by atoms with E-state index in [9.17, 15) is 23.1 Å². The predicted molar refractivity (Wildman–Crippen MR) is 166 cm³/mol. The van der Waals surface area contributed by atoms with Gasteiger partial charge in [0.25, 0.3) is 15.9 Å². The summed E-state index contributed by atoms with van der Waals surface area (Å²) < 4.78 is 46.0. The van der Waals surface area contributed by atoms with Crippen LogP contribution >= 0.6 is 0 Å². The number of methoxy groups -OCH3 is 2. The summed E-state index contributed by atoms with van der Waals surface area (Å²) in [6, 6.07) is 16.5. The number of likely N-dealkylation sites (N-methyl/N-ethyl adjacent to an activating group) is 1. The van der Waals surface area contributed by atoms with Crippen molar-refractivity contribution in [1.29, 1.82) is 0 Å². The molecule has 0 saturated carbocycles. The van der Waals surface area contributed by atoms with Gasteiger partial charge in [0.05, 0.1) is 49.6 Å². The summed E-state index contributed by atoms with van der Waals surface area (Å²) in [5.41, 5.74) is 0.763. The van der Waals surface area contributed by atoms with Gasteiger partial charge in [0.1, 0.15) is 17.6 Å². The van der Waals surface area contributed by atoms with Crippen LogP contribution in [0, 0.1) is 5.92 Å². The fourth-order valence-corrected chi connectivity index (χ4v) is 5.81. The summed E-state index contributed by atoms with van der Waals surface area (Å²) in [6.07, 6.45) is -0.659. The Labute approximate surface area is 257 Å². The number of fused-ring (bicyclic) bond motifs is 1. The summed E-state index contributed by atoms with van der Waals surface area (Å²) in [7, 11) is 0.571. The maximum Gasteiger partial charge on any atom is 0.321 e. The Balaban J connectivity index is 1.66. The molecule has 44 heavy (non-hydrogen) atoms. The third-order valence-electron chi connectivity index (χ3n) is 7.45. The highest BCUT2D eigenvalue weighted by Crippen LogP contribution is 2.36. The summed E-state index contributed by atoms with van der Waals surface area (Å²) in [6.45, 7) is 3.68. The first-order chi connectivity index (χ1) is 21.0. The van der Waals surface area contributed by atoms with Gasteiger partial charge in [-0.05, 0) is 67.6 Å². The molecule has 0 bridgehead atoms. The summed E-state index contributed by atoms with van der Waals surface area (Å²) in [4.78, 5) is 29.8. The fourth-order valence-electron chi connectivity index (χ4n) is 4.75. The van der Waals surface area contributed by atoms with Gasteiger partial charge < -0.3 is 34.4 Å². The van der Waals surface area contributed by atoms with Gasteiger partial charge in [-0.1, -0.05) is 13.0 Å². The predicted octanol–water partition coefficient (Wildman–Crippen LogP) is 3.89. The topological polar surface area (TPSA) is 147 Å². The molecule has 3 amide bonds. The van der Waals surface area contributed by atoms with Crippen LogP contribution in [0.1, 0.15) is 24.2 Å². The number of nitrogens with zero attached hydrogens (tertiary/aromatic N) is 2. The molecule has 0 aliphatic carbocycles. The number of amides is 3. The molecule has 3 aromatic rings. The first-order valence-electron chi connectivity index (χ1n) is 14.0. The maximum absolute atomic E-state index is 13.7. The van der Waals surface area contributed by atoms with Crippen LogP contribution < -0.4 is 24.2 Å². The van der Waals surface area contributed by atoms with Gasteiger partial charge in [0.15, 0.2) is 5.75 Å². The monoisotopic (exact) mass is 626 g/mol. The lowest BCUT2D eigenvalue weighted by Gasteiger charge is -2.38. The van der Waals surface area contributed by atoms with Crippen LogP contribution in [0.15, 0.2) is 71.6 Å². The number of para-hydroxylation sites is 1. The number of hydrogen-bond donors (Lipinski definition) is 3. The minimum Gasteiger partial charge on any atom is -0.497 e. The second kappa shape index (κ2) is 13.9. The number of benzene rings is 3. The van der Waals surface area contributed by atoms with Crippen LogP contribution in [0.3, 0.4) is 0 Å². The van der Waals surface area contributed by atoms with Gasteiger partial charge in [0, 0.05) is 25.2 Å². The number of ether oxygens (including phenoxy) is 3. The van der Waals surface area contributed by atoms with E-state index in [1.807, 2.05) is 6.92 Å². The number of aliphatic hydroxyl groups is 1. The Hall–Kier alpha value is -4.49. The lowest BCUT2D eigenvalue weighted by Crippen LogP contribution is -2.50. The average molecular weight is 627 g/mol. The molecule has 4 rings (SSSR count). The lowest BCUT2D eigenvalue weighted by molar-refractivity contribution is 0.0373. The molecule has 0 unspecified atom stereocenters. The molecule has 0 aromatic heterocycles. The number of nitrogens with one attached hydrogen (secondary N) is 2. The van der Waals surface area contributed by atoms with Gasteiger partial charge in [-0.2, -0.15) is 0 Å². The lowest BCUT2D eigenvalue weighted by atomic mass is 9.99. The summed E-state index contributed by atoms with van der Waals surface area (Å²) in [5.74, 6) is 0.455. The van der Waals surface area contributed by atoms with E-state index in [2.05, 4.69) is 10.0 Å². The second-order valence-electron chi connectivity index (χ2n) is 10.6. The molecular formula is C31H38N4O8S. The van der Waals surface area contributed by atoms with E-state index >= 15 is 0 Å². The molecular weight excluding hydrogens is 588 g/mol. The van der Waals surface area contributed by atoms with Crippen molar-refractivity contribution in [2.24, 2.45) is 5.92 Å². The number of urea groups is 1. The van der Waals surface area contributed by atoms with Crippen molar-refractivity contribution < 1.29 is 37.3 Å². The van der Waals surface area contributed by atoms with Crippen molar-refractivity contribution in [2.75, 3.05) is 51.0 Å². The number of carbonyl (C=O) groups is 2. The van der Waals surface area contributed by atoms with Crippen molar-refractivity contribution >= 4 is 33.3 Å². The smallest absolute Gasteiger partial charge is 0.321 e. The number of anilines is 2. The fraction of sp³-hybridized carbons (Fsp3) is 0.355. The number of rotatable bonds is 10. The molecule has 0 spiro atoms. The second-order valence-corrected chi connectivity index (χ2v) is 12.3. The van der Waals surface area contributed by atoms with Crippen molar-refractivity contribution in [3.05, 3.63) is 72.3 Å². The molecule has 3 N–H and O–H groups in total. The first kappa shape index (κ1) is 32.4. The van der Waals surface area contributed by atoms with Gasteiger partial charge in [-0.25, -0.2) is 13.2 Å². The van der Waals surface area contributed by atoms with Gasteiger partial charge in [-0.15, -0.1) is 0 Å². The molecule has 1 heterocycles. The van der Waals surface area contributed by atoms with Crippen molar-refractivity contribution in [1.82, 2.24) is 9.80 Å². The first-order valence-corrected chi connectivity index (χ1v) is 15.5. The molecule has 1 aliphatic rings. The van der Waals surface area contributed by atoms with Crippen LogP contribution in [-0.2, 0) is 10.0 Å². The van der Waals surface area contributed by atoms with Crippen molar-refractivity contribution in [2.45, 2.75) is 30.9 Å². The Morgan fingerprint density at radius 3 is 2.27 bits per heavy atom. The zero-order valence-corrected chi connectivity index (χ0v) is 26.1. The Morgan fingerprint density at radius 2 is 1.68 bits per heavy atom. The molecule has 13 heteroatoms. The Morgan fingerprint density at radius 1 is 1.07 bits per heavy atom. The quantitative estimate of drug-likeness (QED) is 0.307. The minimum atomic E-state index is -4.09. The number of sulfonamides is 1. The van der Waals surface area contributed by atoms with Crippen molar-refractivity contribution in [3.63, 3.8) is 0 Å². The number of carbonyl (C=O) groups excluding carboxylic acids is 2. The van der Waals surface area contributed by atoms with E-state index < -0.39 is 34.1 Å². The summed E-state index contributed by atoms with van der Waals surface area (Å²) in [5, 5.41) is 12.8. The molecule has 0 saturated heterocycles. The van der Waals surface area contributed by atoms with Gasteiger partial charge in [0.2, 0.25) is 0 Å². The number of hydrogen-bond acceptors (Lipinski definition) is 8. The normalized spacial score (nSPS) is 17.3. The van der Waals surface area contributed by atoms with E-state index in [1.165, 1.54) is 47.2 Å². The molecule has 1 aliphatic heterocycles. The average Bonchev–Trinajstić information content (AvgIpc) is 3.02. The van der Waals surface area contributed by atoms with Crippen LogP contribution in [0.25, 0.3) is 0 Å². The SMILES string of the molecule is COc1ccc(NC(=O)N(C)C[C@H]2Oc3c(NS(=O)(=O)c4ccc(OC)cc4)cccc3C(=O)N([C@@H](C)CO)C[C@H]2C)cc1. The third kappa shape index (κ3) is 7.34. The zero-order valence-electron chi connectivity index (χ0n) is 25.3. The van der Waals surface area contributed by atoms with Crippen LogP contribution in [0.4, 0.5) is 16.2 Å². The molecule has 0 fully saturated rings. The summed E-state index contributed by atoms with van der Waals surface area (Å²) >= 11 is 0. The van der Waals surface area contributed by atoms with E-state index in [1.54, 1.807) is 57.5 Å². The molecule has 0 radical (unpaired) electrons. The Kier molecular flexibility index (Phi) is 10.2. The van der Waals surface area contributed by atoms with E-state index in [0.29, 0.717) is 17.2 Å². The highest BCUT2D eigenvalue weighted by molar-refractivity contribution is 7.92. The molecule has 3 atom stereocenters. The minimum absolute atomic E-state index is 0.0107. The zero-order chi connectivity index (χ0) is 32.0. The maximum atomic E-state index is 13.7. The van der Waals surface area contributed by atoms with Crippen LogP contribution in [-0.4, -0.2) is 88.4 Å². The third-order valence-corrected chi connectivity index (χ3v) is 8.83. The van der Waals surface area contributed by atoms with E-state index in [4.69, 9.17) is 14.2 Å². The highest BCUT2D eigenvalue weighted by atomic mass is 32.2. The van der Waals surface area contributed by atoms with E-state index in [0.717, 1.165) is 0 Å². The van der Waals surface area contributed by atoms with Crippen molar-refractivity contribution in [3.8, 4) is 17.2 Å². The standard InChI is InChI=1S/C31H38N4O8S/c1-20-17-35(21(2)19-36)30(37)26-7-6-8-27(33-44(39,40)25-15-13-24(42-5)14-16-25)29(26)43-28(20)18-34(3)31(38)32-22-9-11-23(41-4)12-10-22/h6-16,20-21,28,33,36H,17-19H2,1-5H3,(H,32,38)/t20-,21+,28-/m1/s1. The Bertz CT molecular complexity index is 1560. The highest BCUT2D eigenvalue weighted by Gasteiger charge is 2.35. The number of aliphatic hydroxyl groups excluding tert-OH is 1. The molecule has 236 valence electrons.